The summed E-state index contributed by atoms with van der Waals surface area (Å²) in [6.07, 6.45) is -2.11. The van der Waals surface area contributed by atoms with Crippen LogP contribution in [0.2, 0.25) is 0 Å². The molecule has 575 valence electrons. The molecule has 31 heteroatoms. The SMILES string of the molecule is CC(O)[C@H](CC(=O)[C@@H]1CSSC[C@H](CC(=O)[C@@H](Cc2ccccc2)NC(=O)CCCC(=O)N[C@@]23C[N-]CC[N-]C[C@@](N)(CNCCNC2)[N-]CC[N-]3)C(=O)N[C@@H](Cc2ccc(O)cc2)C(=O)C[C@H](CC2=CCc3ccccc32)C(=O)N[C@@H](CCCCN)C(=O)N[C@@H](C(C)O)C(=O)N1)C(=O)O.[CH3-].[CH3-].[Cu]. The van der Waals surface area contributed by atoms with E-state index in [2.05, 4.69) is 53.2 Å². The molecule has 0 saturated carbocycles. The summed E-state index contributed by atoms with van der Waals surface area (Å²) in [6.45, 7) is 6.25. The summed E-state index contributed by atoms with van der Waals surface area (Å²) < 4.78 is 0. The smallest absolute Gasteiger partial charge is 0.309 e. The number of carboxylic acid groups (broad SMARTS) is 1. The second-order valence-electron chi connectivity index (χ2n) is 26.2. The van der Waals surface area contributed by atoms with Crippen LogP contribution >= 0.6 is 21.6 Å². The summed E-state index contributed by atoms with van der Waals surface area (Å²) in [6, 6.07) is 15.1. The van der Waals surface area contributed by atoms with Gasteiger partial charge in [-0.25, -0.2) is 0 Å². The van der Waals surface area contributed by atoms with E-state index in [9.17, 15) is 49.2 Å². The average molecular weight is 1520 g/mol. The topological polar surface area (TPSA) is 456 Å². The van der Waals surface area contributed by atoms with Crippen molar-refractivity contribution in [3.63, 3.8) is 0 Å². The molecule has 6 amide bonds. The van der Waals surface area contributed by atoms with Crippen LogP contribution in [0.15, 0.2) is 84.9 Å². The molecule has 12 atom stereocenters. The number of aliphatic carboxylic acids is 1. The summed E-state index contributed by atoms with van der Waals surface area (Å²) in [5.74, 6) is -12.7. The second kappa shape index (κ2) is 45.0. The number of nitrogens with two attached hydrogens (primary N) is 2. The molecule has 0 aromatic heterocycles. The van der Waals surface area contributed by atoms with Crippen molar-refractivity contribution in [2.75, 3.05) is 83.5 Å². The first-order chi connectivity index (χ1) is 47.9. The van der Waals surface area contributed by atoms with Crippen molar-refractivity contribution in [2.24, 2.45) is 29.2 Å². The van der Waals surface area contributed by atoms with Crippen LogP contribution in [0, 0.1) is 32.6 Å². The second-order valence-corrected chi connectivity index (χ2v) is 28.7. The van der Waals surface area contributed by atoms with Gasteiger partial charge in [0.2, 0.25) is 35.4 Å². The van der Waals surface area contributed by atoms with Gasteiger partial charge in [0.15, 0.2) is 17.3 Å². The molecule has 3 aromatic rings. The van der Waals surface area contributed by atoms with Crippen molar-refractivity contribution in [1.29, 1.82) is 0 Å². The van der Waals surface area contributed by atoms with Gasteiger partial charge in [-0.1, -0.05) is 106 Å². The predicted molar refractivity (Wildman–Crippen MR) is 395 cm³/mol. The summed E-state index contributed by atoms with van der Waals surface area (Å²) in [5.41, 5.74) is 14.2. The number of ketones is 3. The van der Waals surface area contributed by atoms with Crippen molar-refractivity contribution in [3.05, 3.63) is 143 Å². The normalized spacial score (nSPS) is 24.8. The number of rotatable bonds is 25. The Kier molecular flexibility index (Phi) is 38.7. The number of carboxylic acids is 1. The van der Waals surface area contributed by atoms with Gasteiger partial charge in [-0.2, -0.15) is 26.2 Å². The number of amides is 6. The largest absolute Gasteiger partial charge is 0.664 e. The van der Waals surface area contributed by atoms with Crippen molar-refractivity contribution in [3.8, 4) is 5.75 Å². The van der Waals surface area contributed by atoms with Crippen molar-refractivity contribution in [1.82, 2.24) is 42.5 Å². The number of nitrogens with zero attached hydrogens (tertiary/aromatic N) is 4. The summed E-state index contributed by atoms with van der Waals surface area (Å²) in [5, 5.41) is 84.3. The number of carbonyl (C=O) groups is 10. The average Bonchev–Trinajstić information content (AvgIpc) is 1.72. The number of aliphatic hydroxyl groups is 2. The quantitative estimate of drug-likeness (QED) is 0.0251. The molecule has 3 heterocycles. The molecule has 1 radical (unpaired) electrons. The molecule has 0 spiro atoms. The third kappa shape index (κ3) is 29.0. The minimum Gasteiger partial charge on any atom is -0.664 e. The Hall–Kier alpha value is -6.68. The van der Waals surface area contributed by atoms with Crippen molar-refractivity contribution >= 4 is 85.9 Å². The Labute approximate surface area is 623 Å². The fourth-order valence-electron chi connectivity index (χ4n) is 12.3. The number of hydrogen-bond donors (Lipinski definition) is 14. The van der Waals surface area contributed by atoms with Gasteiger partial charge in [0.1, 0.15) is 17.8 Å². The number of Topliss-reactive ketones (excluding diaryl/α,β-unsaturated/α-hetero) is 3. The van der Waals surface area contributed by atoms with Gasteiger partial charge in [0.05, 0.1) is 42.2 Å². The molecule has 16 N–H and O–H groups in total. The van der Waals surface area contributed by atoms with Gasteiger partial charge >= 0.3 is 5.97 Å². The van der Waals surface area contributed by atoms with Gasteiger partial charge < -0.3 is 111 Å². The monoisotopic (exact) mass is 1520 g/mol. The summed E-state index contributed by atoms with van der Waals surface area (Å²) in [4.78, 5) is 144. The number of phenols is 1. The summed E-state index contributed by atoms with van der Waals surface area (Å²) >= 11 is 0. The van der Waals surface area contributed by atoms with E-state index in [0.717, 1.165) is 38.3 Å². The van der Waals surface area contributed by atoms with Crippen molar-refractivity contribution < 1.29 is 85.4 Å². The van der Waals surface area contributed by atoms with Crippen LogP contribution in [0.5, 0.6) is 5.75 Å². The number of phenolic OH excluding ortho intramolecular Hbond substituents is 1. The molecule has 3 aromatic carbocycles. The first-order valence-electron chi connectivity index (χ1n) is 34.3. The molecule has 4 aliphatic rings. The molecule has 2 unspecified atom stereocenters. The zero-order valence-electron chi connectivity index (χ0n) is 59.2. The zero-order chi connectivity index (χ0) is 72.2. The number of benzene rings is 3. The molecular weight excluding hydrogens is 1410 g/mol. The number of allylic oxidation sites excluding steroid dienone is 2. The number of aromatic hydroxyl groups is 1. The first-order valence-corrected chi connectivity index (χ1v) is 36.8. The summed E-state index contributed by atoms with van der Waals surface area (Å²) in [7, 11) is 1.95. The Bertz CT molecular complexity index is 3270. The van der Waals surface area contributed by atoms with Crippen molar-refractivity contribution in [2.45, 2.75) is 151 Å². The van der Waals surface area contributed by atoms with Crippen LogP contribution in [-0.4, -0.2) is 216 Å². The van der Waals surface area contributed by atoms with E-state index in [1.54, 1.807) is 42.5 Å². The standard InChI is InChI=1S/C70H98N14O14S2.2CH3.Cu/c1-43(85)53(68(97)98)36-60(90)57-38-100-99-37-50(35-59(89)55(31-45-11-4-3-5-12-45)79-61(91)16-10-17-62(92)84-70-41-75-27-25-73-39-69(72,77-29-30-78-70)40-74-26-28-76-42-70)65(94)81-56(32-46-18-22-51(87)23-19-46)58(88)34-49(33-48-21-20-47-13-6-7-14-52(47)48)64(93)80-54(15-8-9-24-71)66(95)83-63(44(2)86)67(96)82-57;;;/h3-7,11-14,18-19,21-23,43-44,49-50,53-57,63,73,75,85-87H,8-10,15-17,20,24-42,71-72H2,1-2H3,(H,79,91)(H,80,93)(H,81,94)(H,82,96)(H,83,95)(H,84,92)(H,97,98);2*1H3;/q-4;2*-1;/t43?,44?,49-,50-,53-,54-,55+,56-,57-,63-,69+,70+;;;/m0.../s1. The molecule has 28 nitrogen and oxygen atoms in total. The van der Waals surface area contributed by atoms with E-state index in [0.29, 0.717) is 69.7 Å². The number of fused-ring (bicyclic) bond motifs is 6. The van der Waals surface area contributed by atoms with Gasteiger partial charge in [0.25, 0.3) is 0 Å². The maximum atomic E-state index is 15.3. The number of hydrogen-bond acceptors (Lipinski definition) is 19. The molecule has 3 aliphatic heterocycles. The third-order valence-corrected chi connectivity index (χ3v) is 20.5. The minimum absolute atomic E-state index is 0. The number of nitrogens with one attached hydrogen (secondary N) is 8. The molecule has 3 saturated heterocycles. The molecule has 103 heavy (non-hydrogen) atoms. The fraction of sp³-hybridized carbons (Fsp3) is 0.556. The Morgan fingerprint density at radius 3 is 2.05 bits per heavy atom. The third-order valence-electron chi connectivity index (χ3n) is 18.0. The van der Waals surface area contributed by atoms with Crippen LogP contribution in [-0.2, 0) is 84.3 Å². The molecular formula is C72H104CuN14O14S2-6. The van der Waals surface area contributed by atoms with E-state index in [1.165, 1.54) is 26.0 Å². The first kappa shape index (κ1) is 88.7. The zero-order valence-corrected chi connectivity index (χ0v) is 61.7. The number of aliphatic hydroxyl groups excluding tert-OH is 2. The van der Waals surface area contributed by atoms with Gasteiger partial charge in [-0.05, 0) is 125 Å². The van der Waals surface area contributed by atoms with Crippen LogP contribution in [0.4, 0.5) is 0 Å². The van der Waals surface area contributed by atoms with Gasteiger partial charge in [-0.3, -0.25) is 47.9 Å². The Morgan fingerprint density at radius 2 is 1.35 bits per heavy atom. The Balaban J connectivity index is 0.00000749. The number of carbonyl (C=O) groups excluding carboxylic acids is 9. The van der Waals surface area contributed by atoms with E-state index in [-0.39, 0.29) is 127 Å². The van der Waals surface area contributed by atoms with E-state index < -0.39 is 150 Å². The number of unbranched alkanes of at least 4 members (excludes halogenated alkanes) is 1. The molecule has 1 aliphatic carbocycles. The van der Waals surface area contributed by atoms with Crippen LogP contribution in [0.3, 0.4) is 0 Å². The molecule has 2 bridgehead atoms. The maximum Gasteiger partial charge on any atom is 0.309 e. The van der Waals surface area contributed by atoms with Crippen LogP contribution in [0.25, 0.3) is 26.8 Å². The van der Waals surface area contributed by atoms with E-state index >= 15 is 19.2 Å². The molecule has 3 fully saturated rings. The predicted octanol–water partition coefficient (Wildman–Crippen LogP) is 2.96. The maximum absolute atomic E-state index is 15.3. The van der Waals surface area contributed by atoms with E-state index in [1.807, 2.05) is 30.3 Å². The van der Waals surface area contributed by atoms with Crippen LogP contribution < -0.4 is 54.0 Å². The fourth-order valence-corrected chi connectivity index (χ4v) is 14.8. The van der Waals surface area contributed by atoms with Gasteiger partial charge in [-0.15, -0.1) is 13.1 Å². The van der Waals surface area contributed by atoms with Crippen LogP contribution in [0.1, 0.15) is 100 Å². The minimum atomic E-state index is -1.75. The van der Waals surface area contributed by atoms with E-state index in [4.69, 9.17) is 22.1 Å². The van der Waals surface area contributed by atoms with Gasteiger partial charge in [0, 0.05) is 79.7 Å². The molecule has 7 rings (SSSR count). The Morgan fingerprint density at radius 1 is 0.699 bits per heavy atom.